The zero-order valence-electron chi connectivity index (χ0n) is 11.1. The van der Waals surface area contributed by atoms with Crippen LogP contribution in [0.5, 0.6) is 0 Å². The molecule has 0 saturated carbocycles. The first-order chi connectivity index (χ1) is 10.1. The van der Waals surface area contributed by atoms with E-state index in [1.165, 1.54) is 0 Å². The summed E-state index contributed by atoms with van der Waals surface area (Å²) in [6.07, 6.45) is 1.76. The fourth-order valence-corrected chi connectivity index (χ4v) is 2.78. The Hall–Kier alpha value is -2.26. The van der Waals surface area contributed by atoms with Crippen LogP contribution in [-0.2, 0) is 18.4 Å². The van der Waals surface area contributed by atoms with Crippen LogP contribution in [0.2, 0.25) is 0 Å². The van der Waals surface area contributed by atoms with Gasteiger partial charge in [-0.05, 0) is 23.7 Å². The summed E-state index contributed by atoms with van der Waals surface area (Å²) in [5.41, 5.74) is 0. The maximum atomic E-state index is 12.1. The lowest BCUT2D eigenvalue weighted by atomic mass is 10.4. The van der Waals surface area contributed by atoms with Crippen molar-refractivity contribution in [3.63, 3.8) is 0 Å². The normalized spacial score (nSPS) is 10.7. The number of H-pyrrole nitrogens is 1. The number of carbonyl (C=O) groups is 1. The van der Waals surface area contributed by atoms with Gasteiger partial charge in [0, 0.05) is 19.3 Å². The second-order valence-corrected chi connectivity index (χ2v) is 5.67. The summed E-state index contributed by atoms with van der Waals surface area (Å²) < 4.78 is 3.70. The molecule has 3 rings (SSSR count). The molecule has 0 aliphatic heterocycles. The van der Waals surface area contributed by atoms with E-state index in [1.54, 1.807) is 39.9 Å². The molecule has 0 fully saturated rings. The molecule has 0 bridgehead atoms. The highest BCUT2D eigenvalue weighted by atomic mass is 32.1. The summed E-state index contributed by atoms with van der Waals surface area (Å²) in [6.45, 7) is 0.0825. The molecule has 7 nitrogen and oxygen atoms in total. The monoisotopic (exact) mass is 320 g/mol. The molecule has 0 aromatic carbocycles. The molecule has 3 aromatic rings. The molecule has 108 valence electrons. The van der Waals surface area contributed by atoms with Gasteiger partial charge >= 0.3 is 0 Å². The van der Waals surface area contributed by atoms with Crippen LogP contribution in [0, 0.1) is 4.77 Å². The largest absolute Gasteiger partial charge is 0.308 e. The highest BCUT2D eigenvalue weighted by Crippen LogP contribution is 2.22. The summed E-state index contributed by atoms with van der Waals surface area (Å²) in [5, 5.41) is 15.7. The average Bonchev–Trinajstić information content (AvgIpc) is 3.14. The van der Waals surface area contributed by atoms with E-state index < -0.39 is 0 Å². The van der Waals surface area contributed by atoms with E-state index in [4.69, 9.17) is 12.2 Å². The number of thiophene rings is 1. The fraction of sp³-hybridized carbons (Fsp3) is 0.167. The van der Waals surface area contributed by atoms with Gasteiger partial charge in [-0.3, -0.25) is 19.1 Å². The number of anilines is 1. The Morgan fingerprint density at radius 1 is 1.52 bits per heavy atom. The summed E-state index contributed by atoms with van der Waals surface area (Å²) in [5.74, 6) is 0.963. The van der Waals surface area contributed by atoms with Crippen molar-refractivity contribution in [2.45, 2.75) is 6.54 Å². The van der Waals surface area contributed by atoms with E-state index >= 15 is 0 Å². The summed E-state index contributed by atoms with van der Waals surface area (Å²) >= 11 is 6.72. The molecule has 0 saturated heterocycles. The fourth-order valence-electron chi connectivity index (χ4n) is 1.87. The number of nitrogens with one attached hydrogen (secondary N) is 2. The van der Waals surface area contributed by atoms with Crippen LogP contribution in [-0.4, -0.2) is 30.5 Å². The number of carbonyl (C=O) groups excluding carboxylic acids is 1. The van der Waals surface area contributed by atoms with Crippen LogP contribution < -0.4 is 5.32 Å². The van der Waals surface area contributed by atoms with Gasteiger partial charge in [-0.2, -0.15) is 10.2 Å². The molecular formula is C12H12N6OS2. The third-order valence-corrected chi connectivity index (χ3v) is 3.96. The molecule has 0 aliphatic rings. The van der Waals surface area contributed by atoms with E-state index in [2.05, 4.69) is 20.6 Å². The van der Waals surface area contributed by atoms with Gasteiger partial charge in [-0.1, -0.05) is 6.07 Å². The van der Waals surface area contributed by atoms with Crippen molar-refractivity contribution in [1.82, 2.24) is 24.5 Å². The summed E-state index contributed by atoms with van der Waals surface area (Å²) in [6, 6.07) is 5.59. The van der Waals surface area contributed by atoms with E-state index in [0.29, 0.717) is 16.4 Å². The Bertz CT molecular complexity index is 813. The van der Waals surface area contributed by atoms with Gasteiger partial charge in [0.2, 0.25) is 5.91 Å². The van der Waals surface area contributed by atoms with Gasteiger partial charge in [0.05, 0.1) is 4.88 Å². The molecule has 21 heavy (non-hydrogen) atoms. The number of aromatic nitrogens is 5. The van der Waals surface area contributed by atoms with E-state index in [9.17, 15) is 4.79 Å². The van der Waals surface area contributed by atoms with Crippen molar-refractivity contribution in [3.8, 4) is 10.7 Å². The van der Waals surface area contributed by atoms with E-state index in [0.717, 1.165) is 4.88 Å². The number of aryl methyl sites for hydroxylation is 1. The first-order valence-electron chi connectivity index (χ1n) is 6.12. The lowest BCUT2D eigenvalue weighted by Gasteiger charge is -2.05. The summed E-state index contributed by atoms with van der Waals surface area (Å²) in [4.78, 5) is 13.0. The first-order valence-corrected chi connectivity index (χ1v) is 7.41. The Kier molecular flexibility index (Phi) is 3.67. The van der Waals surface area contributed by atoms with Crippen LogP contribution in [0.25, 0.3) is 10.7 Å². The molecule has 0 spiro atoms. The van der Waals surface area contributed by atoms with Gasteiger partial charge in [0.15, 0.2) is 16.4 Å². The molecule has 0 aliphatic carbocycles. The Morgan fingerprint density at radius 2 is 2.38 bits per heavy atom. The third kappa shape index (κ3) is 2.93. The molecule has 3 heterocycles. The minimum absolute atomic E-state index is 0.0825. The number of hydrogen-bond acceptors (Lipinski definition) is 5. The minimum atomic E-state index is -0.205. The quantitative estimate of drug-likeness (QED) is 0.721. The average molecular weight is 320 g/mol. The Labute approximate surface area is 129 Å². The number of nitrogens with zero attached hydrogens (tertiary/aromatic N) is 4. The topological polar surface area (TPSA) is 80.5 Å². The maximum Gasteiger partial charge on any atom is 0.245 e. The molecule has 0 unspecified atom stereocenters. The number of amides is 1. The smallest absolute Gasteiger partial charge is 0.245 e. The third-order valence-electron chi connectivity index (χ3n) is 2.78. The first kappa shape index (κ1) is 13.7. The van der Waals surface area contributed by atoms with Crippen molar-refractivity contribution in [3.05, 3.63) is 34.5 Å². The molecule has 0 atom stereocenters. The minimum Gasteiger partial charge on any atom is -0.308 e. The molecular weight excluding hydrogens is 308 g/mol. The SMILES string of the molecule is Cn1ccc(NC(=O)Cn2c(-c3cccs3)n[nH]c2=S)n1. The van der Waals surface area contributed by atoms with E-state index in [1.807, 2.05) is 17.5 Å². The van der Waals surface area contributed by atoms with Gasteiger partial charge in [0.25, 0.3) is 0 Å². The zero-order valence-corrected chi connectivity index (χ0v) is 12.7. The molecule has 1 amide bonds. The van der Waals surface area contributed by atoms with Crippen LogP contribution in [0.3, 0.4) is 0 Å². The Balaban J connectivity index is 1.80. The molecule has 9 heteroatoms. The highest BCUT2D eigenvalue weighted by Gasteiger charge is 2.13. The van der Waals surface area contributed by atoms with Crippen LogP contribution in [0.15, 0.2) is 29.8 Å². The lowest BCUT2D eigenvalue weighted by molar-refractivity contribution is -0.116. The van der Waals surface area contributed by atoms with Crippen molar-refractivity contribution in [1.29, 1.82) is 0 Å². The van der Waals surface area contributed by atoms with Gasteiger partial charge < -0.3 is 5.32 Å². The lowest BCUT2D eigenvalue weighted by Crippen LogP contribution is -2.19. The van der Waals surface area contributed by atoms with Crippen molar-refractivity contribution in [2.24, 2.45) is 7.05 Å². The number of hydrogen-bond donors (Lipinski definition) is 2. The highest BCUT2D eigenvalue weighted by molar-refractivity contribution is 7.71. The molecule has 3 aromatic heterocycles. The number of aromatic amines is 1. The standard InChI is InChI=1S/C12H12N6OS2/c1-17-5-4-9(16-17)13-10(19)7-18-11(14-15-12(18)20)8-3-2-6-21-8/h2-6H,7H2,1H3,(H,15,20)(H,13,16,19). The predicted molar refractivity (Wildman–Crippen MR) is 82.6 cm³/mol. The second kappa shape index (κ2) is 5.62. The second-order valence-electron chi connectivity index (χ2n) is 4.34. The predicted octanol–water partition coefficient (Wildman–Crippen LogP) is 2.04. The van der Waals surface area contributed by atoms with Gasteiger partial charge in [-0.15, -0.1) is 11.3 Å². The molecule has 0 radical (unpaired) electrons. The van der Waals surface area contributed by atoms with Crippen molar-refractivity contribution < 1.29 is 4.79 Å². The zero-order chi connectivity index (χ0) is 14.8. The maximum absolute atomic E-state index is 12.1. The van der Waals surface area contributed by atoms with Crippen LogP contribution in [0.1, 0.15) is 0 Å². The van der Waals surface area contributed by atoms with Crippen LogP contribution in [0.4, 0.5) is 5.82 Å². The Morgan fingerprint density at radius 3 is 3.05 bits per heavy atom. The van der Waals surface area contributed by atoms with Gasteiger partial charge in [-0.25, -0.2) is 0 Å². The van der Waals surface area contributed by atoms with Crippen molar-refractivity contribution >= 4 is 35.3 Å². The molecule has 2 N–H and O–H groups in total. The summed E-state index contributed by atoms with van der Waals surface area (Å²) in [7, 11) is 1.79. The van der Waals surface area contributed by atoms with Crippen LogP contribution >= 0.6 is 23.6 Å². The number of rotatable bonds is 4. The van der Waals surface area contributed by atoms with Crippen molar-refractivity contribution in [2.75, 3.05) is 5.32 Å². The van der Waals surface area contributed by atoms with Gasteiger partial charge in [0.1, 0.15) is 6.54 Å². The van der Waals surface area contributed by atoms with E-state index in [-0.39, 0.29) is 12.5 Å².